The number of ether oxygens (including phenoxy) is 2. The minimum Gasteiger partial charge on any atom is -0.495 e. The predicted octanol–water partition coefficient (Wildman–Crippen LogP) is 5.45. The van der Waals surface area contributed by atoms with Crippen LogP contribution in [0, 0.1) is 6.92 Å². The predicted molar refractivity (Wildman–Crippen MR) is 152 cm³/mol. The van der Waals surface area contributed by atoms with Crippen LogP contribution >= 0.6 is 0 Å². The second kappa shape index (κ2) is 13.1. The molecule has 0 saturated carbocycles. The number of nitrogens with zero attached hydrogens (tertiary/aromatic N) is 1. The maximum atomic E-state index is 13.8. The fourth-order valence-corrected chi connectivity index (χ4v) is 5.68. The van der Waals surface area contributed by atoms with Crippen LogP contribution < -0.4 is 14.8 Å². The van der Waals surface area contributed by atoms with Crippen molar-refractivity contribution in [1.29, 1.82) is 0 Å². The van der Waals surface area contributed by atoms with Gasteiger partial charge in [-0.3, -0.25) is 4.79 Å². The first-order chi connectivity index (χ1) is 18.8. The largest absolute Gasteiger partial charge is 0.495 e. The normalized spacial score (nSPS) is 11.3. The molecule has 0 atom stereocenters. The first-order valence-electron chi connectivity index (χ1n) is 12.6. The van der Waals surface area contributed by atoms with Crippen LogP contribution in [0.25, 0.3) is 0 Å². The summed E-state index contributed by atoms with van der Waals surface area (Å²) in [7, 11) is -2.61. The molecule has 0 unspecified atom stereocenters. The van der Waals surface area contributed by atoms with Gasteiger partial charge in [-0.05, 0) is 66.4 Å². The van der Waals surface area contributed by atoms with Gasteiger partial charge in [0.15, 0.2) is 0 Å². The Kier molecular flexibility index (Phi) is 9.35. The van der Waals surface area contributed by atoms with Gasteiger partial charge < -0.3 is 14.8 Å². The van der Waals surface area contributed by atoms with Gasteiger partial charge in [-0.1, -0.05) is 66.7 Å². The van der Waals surface area contributed by atoms with Gasteiger partial charge in [-0.2, -0.15) is 4.31 Å². The molecule has 0 saturated heterocycles. The number of hydrogen-bond donors (Lipinski definition) is 1. The number of benzene rings is 4. The lowest BCUT2D eigenvalue weighted by Gasteiger charge is -2.23. The topological polar surface area (TPSA) is 84.9 Å². The molecule has 0 heterocycles. The van der Waals surface area contributed by atoms with Crippen LogP contribution in [-0.2, 0) is 27.8 Å². The zero-order valence-corrected chi connectivity index (χ0v) is 22.9. The second-order valence-corrected chi connectivity index (χ2v) is 11.0. The maximum Gasteiger partial charge on any atom is 0.247 e. The number of anilines is 1. The van der Waals surface area contributed by atoms with Gasteiger partial charge in [-0.25, -0.2) is 8.42 Å². The van der Waals surface area contributed by atoms with E-state index >= 15 is 0 Å². The number of nitrogens with one attached hydrogen (secondary N) is 1. The van der Waals surface area contributed by atoms with Crippen molar-refractivity contribution in [3.05, 3.63) is 120 Å². The molecule has 39 heavy (non-hydrogen) atoms. The van der Waals surface area contributed by atoms with E-state index in [2.05, 4.69) is 5.32 Å². The lowest BCUT2D eigenvalue weighted by atomic mass is 10.1. The van der Waals surface area contributed by atoms with Crippen molar-refractivity contribution in [3.8, 4) is 11.5 Å². The van der Waals surface area contributed by atoms with Crippen molar-refractivity contribution < 1.29 is 22.7 Å². The number of methoxy groups -OCH3 is 1. The zero-order valence-electron chi connectivity index (χ0n) is 22.0. The molecular weight excluding hydrogens is 512 g/mol. The number of carbonyl (C=O) groups excluding carboxylic acids is 1. The summed E-state index contributed by atoms with van der Waals surface area (Å²) in [5.74, 6) is 0.448. The monoisotopic (exact) mass is 544 g/mol. The summed E-state index contributed by atoms with van der Waals surface area (Å²) >= 11 is 0. The van der Waals surface area contributed by atoms with E-state index in [0.717, 1.165) is 16.7 Å². The molecule has 0 aliphatic rings. The third-order valence-electron chi connectivity index (χ3n) is 6.14. The third-order valence-corrected chi connectivity index (χ3v) is 8.00. The minimum atomic E-state index is -4.04. The number of hydrogen-bond acceptors (Lipinski definition) is 5. The quantitative estimate of drug-likeness (QED) is 0.256. The van der Waals surface area contributed by atoms with E-state index in [0.29, 0.717) is 24.5 Å². The molecule has 4 rings (SSSR count). The van der Waals surface area contributed by atoms with Crippen molar-refractivity contribution in [2.75, 3.05) is 25.5 Å². The Morgan fingerprint density at radius 2 is 1.49 bits per heavy atom. The molecule has 202 valence electrons. The van der Waals surface area contributed by atoms with Crippen LogP contribution in [0.1, 0.15) is 16.7 Å². The molecule has 0 radical (unpaired) electrons. The molecule has 0 fully saturated rings. The maximum absolute atomic E-state index is 13.8. The minimum absolute atomic E-state index is 0.0331. The van der Waals surface area contributed by atoms with Crippen molar-refractivity contribution >= 4 is 21.6 Å². The molecule has 0 aliphatic carbocycles. The molecule has 1 amide bonds. The van der Waals surface area contributed by atoms with Gasteiger partial charge in [0.05, 0.1) is 13.7 Å². The van der Waals surface area contributed by atoms with E-state index in [1.54, 1.807) is 42.5 Å². The Morgan fingerprint density at radius 3 is 2.13 bits per heavy atom. The van der Waals surface area contributed by atoms with Crippen LogP contribution in [0.4, 0.5) is 5.69 Å². The smallest absolute Gasteiger partial charge is 0.247 e. The van der Waals surface area contributed by atoms with Crippen LogP contribution in [0.5, 0.6) is 11.5 Å². The van der Waals surface area contributed by atoms with Crippen molar-refractivity contribution in [2.45, 2.75) is 24.8 Å². The van der Waals surface area contributed by atoms with Crippen LogP contribution in [0.2, 0.25) is 0 Å². The number of carbonyl (C=O) groups is 1. The van der Waals surface area contributed by atoms with E-state index in [9.17, 15) is 13.2 Å². The van der Waals surface area contributed by atoms with Gasteiger partial charge in [-0.15, -0.1) is 0 Å². The highest BCUT2D eigenvalue weighted by Crippen LogP contribution is 2.28. The standard InChI is InChI=1S/C31H32N2O5S/c1-24-13-18-29(37-2)30(21-24)39(35,36)33(20-19-25-9-5-3-6-10-25)22-31(34)32-27-14-16-28(17-15-27)38-23-26-11-7-4-8-12-26/h3-18,21H,19-20,22-23H2,1-2H3,(H,32,34). The lowest BCUT2D eigenvalue weighted by molar-refractivity contribution is -0.116. The summed E-state index contributed by atoms with van der Waals surface area (Å²) in [6.07, 6.45) is 0.453. The summed E-state index contributed by atoms with van der Waals surface area (Å²) in [5, 5.41) is 2.80. The van der Waals surface area contributed by atoms with Crippen molar-refractivity contribution in [1.82, 2.24) is 4.31 Å². The van der Waals surface area contributed by atoms with Gasteiger partial charge in [0.1, 0.15) is 23.0 Å². The highest BCUT2D eigenvalue weighted by molar-refractivity contribution is 7.89. The van der Waals surface area contributed by atoms with Crippen LogP contribution in [-0.4, -0.2) is 38.8 Å². The lowest BCUT2D eigenvalue weighted by Crippen LogP contribution is -2.39. The molecule has 7 nitrogen and oxygen atoms in total. The van der Waals surface area contributed by atoms with Crippen LogP contribution in [0.15, 0.2) is 108 Å². The number of rotatable bonds is 12. The highest BCUT2D eigenvalue weighted by Gasteiger charge is 2.29. The molecule has 0 bridgehead atoms. The number of aryl methyl sites for hydroxylation is 1. The van der Waals surface area contributed by atoms with Crippen molar-refractivity contribution in [3.63, 3.8) is 0 Å². The first kappa shape index (κ1) is 27.9. The summed E-state index contributed by atoms with van der Waals surface area (Å²) < 4.78 is 39.9. The molecule has 4 aromatic rings. The molecule has 1 N–H and O–H groups in total. The zero-order chi connectivity index (χ0) is 27.7. The number of sulfonamides is 1. The molecule has 4 aromatic carbocycles. The fraction of sp³-hybridized carbons (Fsp3) is 0.194. The molecule has 8 heteroatoms. The van der Waals surface area contributed by atoms with Crippen molar-refractivity contribution in [2.24, 2.45) is 0 Å². The molecule has 0 aliphatic heterocycles. The van der Waals surface area contributed by atoms with Gasteiger partial charge in [0.25, 0.3) is 0 Å². The van der Waals surface area contributed by atoms with Gasteiger partial charge >= 0.3 is 0 Å². The Balaban J connectivity index is 1.47. The Morgan fingerprint density at radius 1 is 0.846 bits per heavy atom. The molecule has 0 spiro atoms. The Bertz CT molecular complexity index is 1470. The third kappa shape index (κ3) is 7.69. The van der Waals surface area contributed by atoms with Gasteiger partial charge in [0, 0.05) is 12.2 Å². The fourth-order valence-electron chi connectivity index (χ4n) is 4.04. The number of amides is 1. The van der Waals surface area contributed by atoms with Gasteiger partial charge in [0.2, 0.25) is 15.9 Å². The first-order valence-corrected chi connectivity index (χ1v) is 14.0. The average Bonchev–Trinajstić information content (AvgIpc) is 2.96. The summed E-state index contributed by atoms with van der Waals surface area (Å²) in [4.78, 5) is 13.1. The Labute approximate surface area is 230 Å². The van der Waals surface area contributed by atoms with Crippen LogP contribution in [0.3, 0.4) is 0 Å². The van der Waals surface area contributed by atoms with E-state index in [1.807, 2.05) is 67.6 Å². The summed E-state index contributed by atoms with van der Waals surface area (Å²) in [6.45, 7) is 2.03. The second-order valence-electron chi connectivity index (χ2n) is 9.08. The average molecular weight is 545 g/mol. The summed E-state index contributed by atoms with van der Waals surface area (Å²) in [5.41, 5.74) is 3.34. The highest BCUT2D eigenvalue weighted by atomic mass is 32.2. The van der Waals surface area contributed by atoms with E-state index in [4.69, 9.17) is 9.47 Å². The summed E-state index contributed by atoms with van der Waals surface area (Å²) in [6, 6.07) is 31.3. The van der Waals surface area contributed by atoms with E-state index in [-0.39, 0.29) is 23.7 Å². The molecular formula is C31H32N2O5S. The molecule has 0 aromatic heterocycles. The SMILES string of the molecule is COc1ccc(C)cc1S(=O)(=O)N(CCc1ccccc1)CC(=O)Nc1ccc(OCc2ccccc2)cc1. The van der Waals surface area contributed by atoms with E-state index < -0.39 is 15.9 Å². The Hall–Kier alpha value is -4.14. The van der Waals surface area contributed by atoms with E-state index in [1.165, 1.54) is 11.4 Å².